The maximum Gasteiger partial charge on any atom is 0.255 e. The van der Waals surface area contributed by atoms with Crippen LogP contribution in [0, 0.1) is 5.82 Å². The van der Waals surface area contributed by atoms with Crippen LogP contribution in [0.2, 0.25) is 5.02 Å². The van der Waals surface area contributed by atoms with Crippen molar-refractivity contribution in [1.29, 1.82) is 0 Å². The fourth-order valence-corrected chi connectivity index (χ4v) is 1.68. The topological polar surface area (TPSA) is 85.2 Å². The Bertz CT molecular complexity index is 547. The Morgan fingerprint density at radius 2 is 2.28 bits per heavy atom. The quantitative estimate of drug-likeness (QED) is 0.887. The van der Waals surface area contributed by atoms with Crippen LogP contribution in [0.15, 0.2) is 22.7 Å². The monoisotopic (exact) mass is 271 g/mol. The Kier molecular flexibility index (Phi) is 3.90. The molecule has 3 N–H and O–H groups in total. The summed E-state index contributed by atoms with van der Waals surface area (Å²) in [5.41, 5.74) is 5.75. The van der Waals surface area contributed by atoms with E-state index in [4.69, 9.17) is 21.9 Å². The van der Waals surface area contributed by atoms with E-state index in [9.17, 15) is 9.50 Å². The molecule has 0 bridgehead atoms. The smallest absolute Gasteiger partial charge is 0.255 e. The predicted octanol–water partition coefficient (Wildman–Crippen LogP) is 1.91. The number of hydrogen-bond donors (Lipinski definition) is 2. The van der Waals surface area contributed by atoms with Gasteiger partial charge in [-0.25, -0.2) is 4.39 Å². The van der Waals surface area contributed by atoms with Gasteiger partial charge in [0.25, 0.3) is 5.89 Å². The number of rotatable bonds is 4. The molecule has 0 fully saturated rings. The van der Waals surface area contributed by atoms with E-state index < -0.39 is 11.9 Å². The molecular formula is C11H11ClFN3O2. The van der Waals surface area contributed by atoms with Crippen LogP contribution in [0.5, 0.6) is 0 Å². The predicted molar refractivity (Wildman–Crippen MR) is 63.3 cm³/mol. The van der Waals surface area contributed by atoms with Gasteiger partial charge in [-0.15, -0.1) is 0 Å². The molecule has 0 aliphatic carbocycles. The van der Waals surface area contributed by atoms with Gasteiger partial charge in [0, 0.05) is 5.56 Å². The van der Waals surface area contributed by atoms with Gasteiger partial charge in [0.15, 0.2) is 0 Å². The molecule has 0 aliphatic rings. The Morgan fingerprint density at radius 3 is 2.94 bits per heavy atom. The minimum absolute atomic E-state index is 0.0656. The van der Waals surface area contributed by atoms with Crippen molar-refractivity contribution in [2.24, 2.45) is 5.73 Å². The Labute approximate surface area is 107 Å². The lowest BCUT2D eigenvalue weighted by atomic mass is 10.2. The van der Waals surface area contributed by atoms with Crippen molar-refractivity contribution in [2.75, 3.05) is 6.54 Å². The van der Waals surface area contributed by atoms with Crippen molar-refractivity contribution >= 4 is 11.6 Å². The molecule has 0 spiro atoms. The first-order valence-corrected chi connectivity index (χ1v) is 5.66. The van der Waals surface area contributed by atoms with Gasteiger partial charge in [0.2, 0.25) is 5.82 Å². The van der Waals surface area contributed by atoms with Gasteiger partial charge < -0.3 is 15.4 Å². The van der Waals surface area contributed by atoms with E-state index in [1.165, 1.54) is 12.1 Å². The highest BCUT2D eigenvalue weighted by atomic mass is 35.5. The lowest BCUT2D eigenvalue weighted by Crippen LogP contribution is -2.06. The molecule has 1 aromatic carbocycles. The highest BCUT2D eigenvalue weighted by Gasteiger charge is 2.17. The van der Waals surface area contributed by atoms with Crippen molar-refractivity contribution in [3.05, 3.63) is 34.9 Å². The summed E-state index contributed by atoms with van der Waals surface area (Å²) in [6.07, 6.45) is -0.589. The van der Waals surface area contributed by atoms with Crippen LogP contribution in [-0.2, 0) is 0 Å². The van der Waals surface area contributed by atoms with E-state index in [1.807, 2.05) is 0 Å². The number of halogens is 2. The second-order valence-corrected chi connectivity index (χ2v) is 4.08. The maximum absolute atomic E-state index is 12.9. The molecule has 2 rings (SSSR count). The van der Waals surface area contributed by atoms with Crippen molar-refractivity contribution in [3.63, 3.8) is 0 Å². The fourth-order valence-electron chi connectivity index (χ4n) is 1.43. The number of hydrogen-bond acceptors (Lipinski definition) is 5. The van der Waals surface area contributed by atoms with Gasteiger partial charge in [0.05, 0.1) is 5.02 Å². The first kappa shape index (κ1) is 12.9. The van der Waals surface area contributed by atoms with Crippen LogP contribution >= 0.6 is 11.6 Å². The minimum Gasteiger partial charge on any atom is -0.383 e. The van der Waals surface area contributed by atoms with Crippen molar-refractivity contribution < 1.29 is 14.0 Å². The van der Waals surface area contributed by atoms with Gasteiger partial charge in [-0.05, 0) is 31.2 Å². The summed E-state index contributed by atoms with van der Waals surface area (Å²) in [6.45, 7) is 0.302. The third-order valence-corrected chi connectivity index (χ3v) is 2.65. The zero-order valence-corrected chi connectivity index (χ0v) is 10.1. The zero-order chi connectivity index (χ0) is 13.1. The molecule has 5 nitrogen and oxygen atoms in total. The van der Waals surface area contributed by atoms with Crippen LogP contribution in [0.25, 0.3) is 11.4 Å². The van der Waals surface area contributed by atoms with Crippen LogP contribution in [-0.4, -0.2) is 21.8 Å². The molecule has 1 unspecified atom stereocenters. The minimum atomic E-state index is -0.907. The normalized spacial score (nSPS) is 12.7. The van der Waals surface area contributed by atoms with Crippen molar-refractivity contribution in [2.45, 2.75) is 12.5 Å². The number of aliphatic hydroxyl groups excluding tert-OH is 1. The Balaban J connectivity index is 2.29. The SMILES string of the molecule is NCCC(O)c1nc(-c2ccc(F)cc2Cl)no1. The van der Waals surface area contributed by atoms with Gasteiger partial charge >= 0.3 is 0 Å². The summed E-state index contributed by atoms with van der Waals surface area (Å²) >= 11 is 5.87. The number of nitrogens with zero attached hydrogens (tertiary/aromatic N) is 2. The molecule has 96 valence electrons. The zero-order valence-electron chi connectivity index (χ0n) is 9.31. The van der Waals surface area contributed by atoms with Crippen molar-refractivity contribution in [1.82, 2.24) is 10.1 Å². The van der Waals surface area contributed by atoms with E-state index in [1.54, 1.807) is 0 Å². The maximum atomic E-state index is 12.9. The second kappa shape index (κ2) is 5.43. The van der Waals surface area contributed by atoms with Gasteiger partial charge in [-0.3, -0.25) is 0 Å². The third-order valence-electron chi connectivity index (χ3n) is 2.34. The van der Waals surface area contributed by atoms with Crippen LogP contribution < -0.4 is 5.73 Å². The summed E-state index contributed by atoms with van der Waals surface area (Å²) in [4.78, 5) is 4.00. The molecule has 0 aliphatic heterocycles. The van der Waals surface area contributed by atoms with E-state index in [0.717, 1.165) is 6.07 Å². The molecule has 1 atom stereocenters. The highest BCUT2D eigenvalue weighted by molar-refractivity contribution is 6.33. The Morgan fingerprint density at radius 1 is 1.50 bits per heavy atom. The highest BCUT2D eigenvalue weighted by Crippen LogP contribution is 2.27. The van der Waals surface area contributed by atoms with Gasteiger partial charge in [-0.2, -0.15) is 4.98 Å². The van der Waals surface area contributed by atoms with Crippen molar-refractivity contribution in [3.8, 4) is 11.4 Å². The summed E-state index contributed by atoms with van der Waals surface area (Å²) < 4.78 is 17.8. The first-order chi connectivity index (χ1) is 8.61. The number of benzene rings is 1. The molecule has 0 radical (unpaired) electrons. The van der Waals surface area contributed by atoms with E-state index in [0.29, 0.717) is 18.5 Å². The van der Waals surface area contributed by atoms with E-state index in [-0.39, 0.29) is 16.7 Å². The molecule has 7 heteroatoms. The van der Waals surface area contributed by atoms with E-state index in [2.05, 4.69) is 10.1 Å². The molecule has 0 saturated carbocycles. The summed E-state index contributed by atoms with van der Waals surface area (Å²) in [5, 5.41) is 13.5. The standard InChI is InChI=1S/C11H11ClFN3O2/c12-8-5-6(13)1-2-7(8)10-15-11(18-16-10)9(17)3-4-14/h1-2,5,9,17H,3-4,14H2. The molecule has 0 saturated heterocycles. The average Bonchev–Trinajstić information content (AvgIpc) is 2.78. The molecule has 18 heavy (non-hydrogen) atoms. The molecule has 0 amide bonds. The van der Waals surface area contributed by atoms with E-state index >= 15 is 0 Å². The number of aromatic nitrogens is 2. The molecule has 2 aromatic rings. The fraction of sp³-hybridized carbons (Fsp3) is 0.273. The number of nitrogens with two attached hydrogens (primary N) is 1. The van der Waals surface area contributed by atoms with Crippen LogP contribution in [0.3, 0.4) is 0 Å². The molecule has 1 aromatic heterocycles. The third kappa shape index (κ3) is 2.66. The summed E-state index contributed by atoms with van der Waals surface area (Å²) in [6, 6.07) is 3.85. The average molecular weight is 272 g/mol. The van der Waals surface area contributed by atoms with Crippen LogP contribution in [0.4, 0.5) is 4.39 Å². The molecule has 1 heterocycles. The lowest BCUT2D eigenvalue weighted by molar-refractivity contribution is 0.127. The van der Waals surface area contributed by atoms with Gasteiger partial charge in [-0.1, -0.05) is 16.8 Å². The summed E-state index contributed by atoms with van der Waals surface area (Å²) in [5.74, 6) is -0.183. The molecular weight excluding hydrogens is 261 g/mol. The largest absolute Gasteiger partial charge is 0.383 e. The lowest BCUT2D eigenvalue weighted by Gasteiger charge is -2.01. The second-order valence-electron chi connectivity index (χ2n) is 3.67. The van der Waals surface area contributed by atoms with Gasteiger partial charge in [0.1, 0.15) is 11.9 Å². The van der Waals surface area contributed by atoms with Crippen LogP contribution in [0.1, 0.15) is 18.4 Å². The number of aliphatic hydroxyl groups is 1. The summed E-state index contributed by atoms with van der Waals surface area (Å²) in [7, 11) is 0. The Hall–Kier alpha value is -1.50. The first-order valence-electron chi connectivity index (χ1n) is 5.29.